The molecule has 51 heavy (non-hydrogen) atoms. The van der Waals surface area contributed by atoms with Crippen molar-refractivity contribution in [3.05, 3.63) is 111 Å². The van der Waals surface area contributed by atoms with Crippen LogP contribution in [0.15, 0.2) is 67.0 Å². The highest BCUT2D eigenvalue weighted by Gasteiger charge is 2.18. The van der Waals surface area contributed by atoms with Crippen molar-refractivity contribution in [3.8, 4) is 28.7 Å². The molecule has 4 aromatic rings. The van der Waals surface area contributed by atoms with Crippen LogP contribution in [0.2, 0.25) is 5.02 Å². The first kappa shape index (κ1) is 38.4. The van der Waals surface area contributed by atoms with E-state index in [1.165, 1.54) is 28.5 Å². The minimum atomic E-state index is -0.652. The smallest absolute Gasteiger partial charge is 0.142 e. The van der Waals surface area contributed by atoms with E-state index in [1.54, 1.807) is 18.3 Å². The molecule has 2 heterocycles. The summed E-state index contributed by atoms with van der Waals surface area (Å²) in [4.78, 5) is 8.92. The van der Waals surface area contributed by atoms with E-state index in [2.05, 4.69) is 83.5 Å². The fraction of sp³-hybridized carbons (Fsp3) is 0.400. The van der Waals surface area contributed by atoms with E-state index < -0.39 is 10.8 Å². The van der Waals surface area contributed by atoms with E-state index in [0.29, 0.717) is 35.2 Å². The van der Waals surface area contributed by atoms with Crippen LogP contribution in [0.4, 0.5) is 0 Å². The number of nitriles is 1. The van der Waals surface area contributed by atoms with Crippen molar-refractivity contribution in [2.75, 3.05) is 51.3 Å². The number of aliphatic hydroxyl groups excluding tert-OH is 1. The molecular weight excluding hydrogens is 682 g/mol. The molecule has 1 aliphatic rings. The lowest BCUT2D eigenvalue weighted by molar-refractivity contribution is 0.234. The van der Waals surface area contributed by atoms with Crippen LogP contribution in [0.3, 0.4) is 0 Å². The third-order valence-electron chi connectivity index (χ3n) is 9.42. The van der Waals surface area contributed by atoms with Gasteiger partial charge in [-0.25, -0.2) is 0 Å². The van der Waals surface area contributed by atoms with Crippen molar-refractivity contribution in [2.24, 2.45) is 0 Å². The number of nitrogens with zero attached hydrogens (tertiary/aromatic N) is 4. The fourth-order valence-electron chi connectivity index (χ4n) is 6.11. The van der Waals surface area contributed by atoms with Gasteiger partial charge in [-0.05, 0) is 73.3 Å². The summed E-state index contributed by atoms with van der Waals surface area (Å²) in [5.41, 5.74) is 9.18. The Kier molecular flexibility index (Phi) is 14.0. The van der Waals surface area contributed by atoms with Gasteiger partial charge in [0.15, 0.2) is 0 Å². The maximum Gasteiger partial charge on any atom is 0.142 e. The lowest BCUT2D eigenvalue weighted by Gasteiger charge is -2.28. The van der Waals surface area contributed by atoms with E-state index in [0.717, 1.165) is 66.5 Å². The van der Waals surface area contributed by atoms with Crippen LogP contribution in [0.1, 0.15) is 45.9 Å². The van der Waals surface area contributed by atoms with Gasteiger partial charge in [-0.15, -0.1) is 0 Å². The summed E-state index contributed by atoms with van der Waals surface area (Å²) < 4.78 is 24.3. The number of likely N-dealkylation sites (N-methyl/N-ethyl adjacent to an activating group) is 1. The molecular formula is C40H48ClN5O4S. The Morgan fingerprint density at radius 1 is 1.00 bits per heavy atom. The number of aromatic nitrogens is 1. The van der Waals surface area contributed by atoms with Crippen LogP contribution < -0.4 is 14.8 Å². The second-order valence-corrected chi connectivity index (χ2v) is 15.3. The third-order valence-corrected chi connectivity index (χ3v) is 11.0. The normalized spacial score (nSPS) is 14.4. The minimum absolute atomic E-state index is 0.00148. The van der Waals surface area contributed by atoms with Crippen LogP contribution >= 0.6 is 11.6 Å². The molecule has 0 spiro atoms. The Morgan fingerprint density at radius 3 is 2.39 bits per heavy atom. The summed E-state index contributed by atoms with van der Waals surface area (Å²) in [5.74, 6) is 2.65. The number of nitrogens with one attached hydrogen (secondary N) is 1. The Morgan fingerprint density at radius 2 is 1.69 bits per heavy atom. The lowest BCUT2D eigenvalue weighted by atomic mass is 9.91. The van der Waals surface area contributed by atoms with E-state index in [4.69, 9.17) is 21.1 Å². The van der Waals surface area contributed by atoms with Crippen molar-refractivity contribution in [1.82, 2.24) is 20.1 Å². The SMILES string of the molecule is Cc1c(COc2cc(OCc3cncc(C#N)c3)c(CNC(C)CO)cc2Cl)cccc1-c1cccc(CN(C)CCN2CCS(=O)CC2)c1C. The van der Waals surface area contributed by atoms with Crippen molar-refractivity contribution >= 4 is 22.4 Å². The summed E-state index contributed by atoms with van der Waals surface area (Å²) in [6.07, 6.45) is 3.19. The Hall–Kier alpha value is -3.82. The van der Waals surface area contributed by atoms with Gasteiger partial charge in [0, 0.05) is 97.2 Å². The number of hydrogen-bond acceptors (Lipinski definition) is 9. The second kappa shape index (κ2) is 18.6. The highest BCUT2D eigenvalue weighted by Crippen LogP contribution is 2.35. The van der Waals surface area contributed by atoms with Gasteiger partial charge < -0.3 is 29.7 Å². The summed E-state index contributed by atoms with van der Waals surface area (Å²) in [6.45, 7) is 11.8. The van der Waals surface area contributed by atoms with Crippen molar-refractivity contribution in [1.29, 1.82) is 5.26 Å². The van der Waals surface area contributed by atoms with Gasteiger partial charge in [-0.1, -0.05) is 48.0 Å². The average Bonchev–Trinajstić information content (AvgIpc) is 3.14. The van der Waals surface area contributed by atoms with E-state index >= 15 is 0 Å². The number of ether oxygens (including phenoxy) is 2. The quantitative estimate of drug-likeness (QED) is 0.143. The standard InChI is InChI=1S/C40H48ClN5O4S/c1-28(25-47)44-23-35-18-38(41)40(19-39(35)49-26-32-17-31(20-42)21-43-22-32)50-27-34-8-6-10-37(30(34)3)36-9-5-7-33(29(36)2)24-45(4)11-12-46-13-15-51(48)16-14-46/h5-10,17-19,21-22,28,44,47H,11-16,23-27H2,1-4H3. The van der Waals surface area contributed by atoms with Gasteiger partial charge in [0.25, 0.3) is 0 Å². The average molecular weight is 730 g/mol. The third kappa shape index (κ3) is 10.6. The molecule has 9 nitrogen and oxygen atoms in total. The summed E-state index contributed by atoms with van der Waals surface area (Å²) in [5, 5.41) is 22.5. The molecule has 3 aromatic carbocycles. The van der Waals surface area contributed by atoms with Crippen molar-refractivity contribution in [3.63, 3.8) is 0 Å². The first-order valence-corrected chi connectivity index (χ1v) is 19.2. The predicted octanol–water partition coefficient (Wildman–Crippen LogP) is 6.02. The van der Waals surface area contributed by atoms with Gasteiger partial charge in [-0.2, -0.15) is 5.26 Å². The van der Waals surface area contributed by atoms with Gasteiger partial charge in [0.05, 0.1) is 17.2 Å². The number of halogens is 1. The zero-order valence-electron chi connectivity index (χ0n) is 30.0. The Bertz CT molecular complexity index is 1860. The molecule has 2 N–H and O–H groups in total. The van der Waals surface area contributed by atoms with Crippen LogP contribution in [0.5, 0.6) is 11.5 Å². The van der Waals surface area contributed by atoms with Crippen molar-refractivity contribution in [2.45, 2.75) is 53.1 Å². The van der Waals surface area contributed by atoms with Gasteiger partial charge in [-0.3, -0.25) is 9.19 Å². The van der Waals surface area contributed by atoms with Crippen molar-refractivity contribution < 1.29 is 18.8 Å². The molecule has 270 valence electrons. The molecule has 1 unspecified atom stereocenters. The number of aliphatic hydroxyl groups is 1. The molecule has 1 atom stereocenters. The van der Waals surface area contributed by atoms with E-state index in [1.807, 2.05) is 13.0 Å². The number of pyridine rings is 1. The molecule has 0 radical (unpaired) electrons. The molecule has 0 amide bonds. The van der Waals surface area contributed by atoms with Crippen LogP contribution in [-0.2, 0) is 37.1 Å². The first-order valence-electron chi connectivity index (χ1n) is 17.3. The highest BCUT2D eigenvalue weighted by atomic mass is 35.5. The molecule has 0 aliphatic carbocycles. The number of hydrogen-bond donors (Lipinski definition) is 2. The molecule has 0 bridgehead atoms. The summed E-state index contributed by atoms with van der Waals surface area (Å²) >= 11 is 6.77. The zero-order chi connectivity index (χ0) is 36.3. The number of rotatable bonds is 16. The number of benzene rings is 3. The largest absolute Gasteiger partial charge is 0.488 e. The highest BCUT2D eigenvalue weighted by molar-refractivity contribution is 7.85. The molecule has 1 saturated heterocycles. The molecule has 11 heteroatoms. The molecule has 1 fully saturated rings. The summed E-state index contributed by atoms with van der Waals surface area (Å²) in [6, 6.07) is 20.2. The van der Waals surface area contributed by atoms with Gasteiger partial charge in [0.2, 0.25) is 0 Å². The first-order chi connectivity index (χ1) is 24.6. The van der Waals surface area contributed by atoms with E-state index in [-0.39, 0.29) is 19.3 Å². The molecule has 5 rings (SSSR count). The predicted molar refractivity (Wildman–Crippen MR) is 204 cm³/mol. The van der Waals surface area contributed by atoms with E-state index in [9.17, 15) is 14.6 Å². The molecule has 0 saturated carbocycles. The lowest BCUT2D eigenvalue weighted by Crippen LogP contribution is -2.41. The van der Waals surface area contributed by atoms with Crippen LogP contribution in [0.25, 0.3) is 11.1 Å². The minimum Gasteiger partial charge on any atom is -0.488 e. The van der Waals surface area contributed by atoms with Crippen LogP contribution in [-0.4, -0.2) is 81.5 Å². The topological polar surface area (TPSA) is 111 Å². The molecule has 1 aliphatic heterocycles. The second-order valence-electron chi connectivity index (χ2n) is 13.2. The zero-order valence-corrected chi connectivity index (χ0v) is 31.5. The monoisotopic (exact) mass is 729 g/mol. The fourth-order valence-corrected chi connectivity index (χ4v) is 7.48. The Balaban J connectivity index is 1.30. The Labute approximate surface area is 309 Å². The van der Waals surface area contributed by atoms with Crippen LogP contribution in [0, 0.1) is 25.2 Å². The maximum atomic E-state index is 11.7. The summed E-state index contributed by atoms with van der Waals surface area (Å²) in [7, 11) is 1.52. The van der Waals surface area contributed by atoms with Gasteiger partial charge in [0.1, 0.15) is 30.8 Å². The molecule has 1 aromatic heterocycles. The maximum absolute atomic E-state index is 11.7. The van der Waals surface area contributed by atoms with Gasteiger partial charge >= 0.3 is 0 Å².